The maximum atomic E-state index is 12.7. The van der Waals surface area contributed by atoms with Crippen molar-refractivity contribution in [2.24, 2.45) is 0 Å². The first kappa shape index (κ1) is 19.3. The number of piperidine rings is 1. The molecule has 0 bridgehead atoms. The molecular formula is C21H19Cl2NO4. The first-order valence-corrected chi connectivity index (χ1v) is 9.71. The predicted octanol–water partition coefficient (Wildman–Crippen LogP) is 4.88. The Labute approximate surface area is 173 Å². The number of hydroxylamine groups is 2. The summed E-state index contributed by atoms with van der Waals surface area (Å²) >= 11 is 12.4. The molecule has 0 unspecified atom stereocenters. The lowest BCUT2D eigenvalue weighted by Crippen LogP contribution is -2.45. The van der Waals surface area contributed by atoms with E-state index in [0.717, 1.165) is 11.1 Å². The Morgan fingerprint density at radius 2 is 1.71 bits per heavy atom. The van der Waals surface area contributed by atoms with E-state index in [0.29, 0.717) is 41.5 Å². The van der Waals surface area contributed by atoms with Gasteiger partial charge in [0.1, 0.15) is 5.57 Å². The molecule has 1 spiro atoms. The topological polar surface area (TPSA) is 59.0 Å². The number of carbonyl (C=O) groups excluding carboxylic acids is 1. The second-order valence-corrected chi connectivity index (χ2v) is 7.76. The lowest BCUT2D eigenvalue weighted by Gasteiger charge is -2.36. The number of halogens is 2. The third-order valence-corrected chi connectivity index (χ3v) is 5.94. The Morgan fingerprint density at radius 1 is 1.07 bits per heavy atom. The summed E-state index contributed by atoms with van der Waals surface area (Å²) in [6.07, 6.45) is 0.910. The summed E-state index contributed by atoms with van der Waals surface area (Å²) in [5, 5.41) is 13.8. The second kappa shape index (κ2) is 7.41. The van der Waals surface area contributed by atoms with Crippen LogP contribution in [0.3, 0.4) is 0 Å². The molecule has 1 fully saturated rings. The van der Waals surface area contributed by atoms with Gasteiger partial charge in [0.2, 0.25) is 0 Å². The summed E-state index contributed by atoms with van der Waals surface area (Å²) in [4.78, 5) is 17.9. The molecule has 2 heterocycles. The highest BCUT2D eigenvalue weighted by atomic mass is 35.5. The van der Waals surface area contributed by atoms with Gasteiger partial charge in [-0.25, -0.2) is 4.79 Å². The van der Waals surface area contributed by atoms with Gasteiger partial charge in [-0.2, -0.15) is 5.06 Å². The lowest BCUT2D eigenvalue weighted by molar-refractivity contribution is -0.182. The molecular weight excluding hydrogens is 401 g/mol. The van der Waals surface area contributed by atoms with Crippen LogP contribution < -0.4 is 0 Å². The van der Waals surface area contributed by atoms with E-state index in [1.807, 2.05) is 18.2 Å². The Hall–Kier alpha value is -2.05. The fourth-order valence-electron chi connectivity index (χ4n) is 3.75. The molecule has 1 saturated heterocycles. The van der Waals surface area contributed by atoms with E-state index in [1.165, 1.54) is 0 Å². The van der Waals surface area contributed by atoms with Crippen molar-refractivity contribution in [3.05, 3.63) is 63.8 Å². The van der Waals surface area contributed by atoms with E-state index >= 15 is 0 Å². The molecule has 0 atom stereocenters. The minimum atomic E-state index is -1.01. The van der Waals surface area contributed by atoms with Crippen molar-refractivity contribution in [1.82, 2.24) is 5.06 Å². The third-order valence-electron chi connectivity index (χ3n) is 5.36. The molecule has 0 radical (unpaired) electrons. The highest BCUT2D eigenvalue weighted by molar-refractivity contribution is 6.35. The summed E-state index contributed by atoms with van der Waals surface area (Å²) in [6, 6.07) is 12.7. The van der Waals surface area contributed by atoms with Crippen LogP contribution in [0.1, 0.15) is 18.4 Å². The number of hydrogen-bond donors (Lipinski definition) is 1. The van der Waals surface area contributed by atoms with Crippen molar-refractivity contribution in [3.8, 4) is 11.1 Å². The smallest absolute Gasteiger partial charge is 0.343 e. The van der Waals surface area contributed by atoms with Crippen LogP contribution in [-0.4, -0.2) is 41.9 Å². The first-order valence-electron chi connectivity index (χ1n) is 8.95. The SMILES string of the molecule is CON1CCC2(CC1)OC(=O)C(c1cc(-c3ccc(Cl)cc3)ccc1Cl)=C2O. The zero-order valence-corrected chi connectivity index (χ0v) is 16.8. The van der Waals surface area contributed by atoms with Gasteiger partial charge in [0.25, 0.3) is 0 Å². The van der Waals surface area contributed by atoms with Crippen LogP contribution in [0, 0.1) is 0 Å². The first-order chi connectivity index (χ1) is 13.4. The van der Waals surface area contributed by atoms with Gasteiger partial charge in [-0.05, 0) is 35.4 Å². The average molecular weight is 420 g/mol. The number of ether oxygens (including phenoxy) is 1. The molecule has 4 rings (SSSR count). The second-order valence-electron chi connectivity index (χ2n) is 6.92. The fourth-order valence-corrected chi connectivity index (χ4v) is 4.08. The molecule has 0 amide bonds. The van der Waals surface area contributed by atoms with E-state index in [9.17, 15) is 9.90 Å². The highest BCUT2D eigenvalue weighted by Crippen LogP contribution is 2.44. The van der Waals surface area contributed by atoms with Gasteiger partial charge in [0, 0.05) is 41.5 Å². The Balaban J connectivity index is 1.74. The largest absolute Gasteiger partial charge is 0.507 e. The van der Waals surface area contributed by atoms with Crippen LogP contribution in [0.4, 0.5) is 0 Å². The van der Waals surface area contributed by atoms with Gasteiger partial charge in [0.15, 0.2) is 11.4 Å². The van der Waals surface area contributed by atoms with Crippen molar-refractivity contribution >= 4 is 34.7 Å². The number of aliphatic hydroxyl groups excluding tert-OH is 1. The van der Waals surface area contributed by atoms with Crippen molar-refractivity contribution < 1.29 is 19.5 Å². The van der Waals surface area contributed by atoms with Crippen LogP contribution in [-0.2, 0) is 14.4 Å². The van der Waals surface area contributed by atoms with E-state index in [-0.39, 0.29) is 11.3 Å². The molecule has 0 aliphatic carbocycles. The predicted molar refractivity (Wildman–Crippen MR) is 108 cm³/mol. The summed E-state index contributed by atoms with van der Waals surface area (Å²) < 4.78 is 5.66. The number of benzene rings is 2. The van der Waals surface area contributed by atoms with Crippen molar-refractivity contribution in [1.29, 1.82) is 0 Å². The molecule has 146 valence electrons. The van der Waals surface area contributed by atoms with Crippen molar-refractivity contribution in [2.75, 3.05) is 20.2 Å². The molecule has 7 heteroatoms. The number of esters is 1. The van der Waals surface area contributed by atoms with E-state index < -0.39 is 11.6 Å². The summed E-state index contributed by atoms with van der Waals surface area (Å²) in [7, 11) is 1.60. The van der Waals surface area contributed by atoms with Gasteiger partial charge < -0.3 is 14.7 Å². The normalized spacial score (nSPS) is 19.3. The maximum absolute atomic E-state index is 12.7. The van der Waals surface area contributed by atoms with E-state index in [1.54, 1.807) is 36.4 Å². The summed E-state index contributed by atoms with van der Waals surface area (Å²) in [6.45, 7) is 1.11. The van der Waals surface area contributed by atoms with Gasteiger partial charge >= 0.3 is 5.97 Å². The lowest BCUT2D eigenvalue weighted by atomic mass is 9.88. The van der Waals surface area contributed by atoms with Gasteiger partial charge in [0.05, 0.1) is 7.11 Å². The van der Waals surface area contributed by atoms with Gasteiger partial charge in [-0.3, -0.25) is 0 Å². The van der Waals surface area contributed by atoms with Gasteiger partial charge in [-0.15, -0.1) is 0 Å². The van der Waals surface area contributed by atoms with E-state index in [2.05, 4.69) is 0 Å². The Kier molecular flexibility index (Phi) is 5.10. The Bertz CT molecular complexity index is 947. The third kappa shape index (κ3) is 3.29. The standard InChI is InChI=1S/C21H19Cl2NO4/c1-27-24-10-8-21(9-11-24)19(25)18(20(26)28-21)16-12-14(4-7-17(16)23)13-2-5-15(22)6-3-13/h2-7,12,25H,8-11H2,1H3. The Morgan fingerprint density at radius 3 is 2.36 bits per heavy atom. The number of aliphatic hydroxyl groups is 1. The van der Waals surface area contributed by atoms with E-state index in [4.69, 9.17) is 32.8 Å². The van der Waals surface area contributed by atoms with Crippen LogP contribution in [0.25, 0.3) is 16.7 Å². The molecule has 2 aromatic rings. The molecule has 0 saturated carbocycles. The number of hydrogen-bond acceptors (Lipinski definition) is 5. The monoisotopic (exact) mass is 419 g/mol. The zero-order chi connectivity index (χ0) is 19.9. The van der Waals surface area contributed by atoms with Crippen LogP contribution in [0.5, 0.6) is 0 Å². The minimum Gasteiger partial charge on any atom is -0.507 e. The molecule has 2 aliphatic heterocycles. The minimum absolute atomic E-state index is 0.0524. The summed E-state index contributed by atoms with van der Waals surface area (Å²) in [5.41, 5.74) is 1.37. The molecule has 28 heavy (non-hydrogen) atoms. The molecule has 1 N–H and O–H groups in total. The average Bonchev–Trinajstić information content (AvgIpc) is 2.93. The number of rotatable bonds is 3. The van der Waals surface area contributed by atoms with Crippen LogP contribution in [0.2, 0.25) is 10.0 Å². The van der Waals surface area contributed by atoms with Gasteiger partial charge in [-0.1, -0.05) is 41.4 Å². The molecule has 2 aliphatic rings. The van der Waals surface area contributed by atoms with Crippen LogP contribution >= 0.6 is 23.2 Å². The zero-order valence-electron chi connectivity index (χ0n) is 15.2. The maximum Gasteiger partial charge on any atom is 0.343 e. The molecule has 2 aromatic carbocycles. The molecule has 0 aromatic heterocycles. The quantitative estimate of drug-likeness (QED) is 0.718. The number of nitrogens with zero attached hydrogens (tertiary/aromatic N) is 1. The summed E-state index contributed by atoms with van der Waals surface area (Å²) in [5.74, 6) is -0.609. The van der Waals surface area contributed by atoms with Crippen LogP contribution in [0.15, 0.2) is 48.2 Å². The molecule has 5 nitrogen and oxygen atoms in total. The fraction of sp³-hybridized carbons (Fsp3) is 0.286. The van der Waals surface area contributed by atoms with Crippen molar-refractivity contribution in [2.45, 2.75) is 18.4 Å². The van der Waals surface area contributed by atoms with Crippen molar-refractivity contribution in [3.63, 3.8) is 0 Å². The number of carbonyl (C=O) groups is 1. The highest BCUT2D eigenvalue weighted by Gasteiger charge is 2.50.